The first kappa shape index (κ1) is 9.30. The van der Waals surface area contributed by atoms with Crippen LogP contribution in [0.4, 0.5) is 0 Å². The van der Waals surface area contributed by atoms with E-state index >= 15 is 0 Å². The van der Waals surface area contributed by atoms with Crippen LogP contribution in [0.25, 0.3) is 0 Å². The number of halogens is 1. The van der Waals surface area contributed by atoms with Gasteiger partial charge >= 0.3 is 0 Å². The first-order chi connectivity index (χ1) is 4.72. The van der Waals surface area contributed by atoms with Gasteiger partial charge in [0.15, 0.2) is 0 Å². The van der Waals surface area contributed by atoms with Crippen molar-refractivity contribution in [3.8, 4) is 0 Å². The van der Waals surface area contributed by atoms with Gasteiger partial charge in [0.05, 0.1) is 0 Å². The Hall–Kier alpha value is 0.210. The second kappa shape index (κ2) is 2.92. The average Bonchev–Trinajstić information content (AvgIpc) is 2.18. The van der Waals surface area contributed by atoms with E-state index in [0.717, 1.165) is 12.8 Å². The number of rotatable bonds is 0. The lowest BCUT2D eigenvalue weighted by atomic mass is 10.0. The van der Waals surface area contributed by atoms with Crippen molar-refractivity contribution in [2.45, 2.75) is 43.9 Å². The highest BCUT2D eigenvalue weighted by Gasteiger charge is 2.44. The first-order valence-corrected chi connectivity index (χ1v) is 4.18. The minimum absolute atomic E-state index is 0. The summed E-state index contributed by atoms with van der Waals surface area (Å²) in [7, 11) is 2.05. The van der Waals surface area contributed by atoms with E-state index in [0.29, 0.717) is 6.04 Å². The van der Waals surface area contributed by atoms with Crippen LogP contribution in [0.2, 0.25) is 0 Å². The zero-order valence-corrected chi connectivity index (χ0v) is 7.73. The van der Waals surface area contributed by atoms with E-state index in [2.05, 4.69) is 11.9 Å². The van der Waals surface area contributed by atoms with Crippen molar-refractivity contribution in [3.63, 3.8) is 0 Å². The van der Waals surface area contributed by atoms with Gasteiger partial charge in [-0.2, -0.15) is 0 Å². The topological polar surface area (TPSA) is 23.5 Å². The van der Waals surface area contributed by atoms with E-state index in [-0.39, 0.29) is 12.4 Å². The Morgan fingerprint density at radius 1 is 1.36 bits per heavy atom. The van der Waals surface area contributed by atoms with Crippen LogP contribution in [0.15, 0.2) is 0 Å². The van der Waals surface area contributed by atoms with E-state index < -0.39 is 5.72 Å². The Kier molecular flexibility index (Phi) is 2.47. The molecule has 2 fully saturated rings. The quantitative estimate of drug-likeness (QED) is 0.605. The maximum atomic E-state index is 9.92. The zero-order chi connectivity index (χ0) is 7.19. The lowest BCUT2D eigenvalue weighted by molar-refractivity contribution is -0.104. The highest BCUT2D eigenvalue weighted by Crippen LogP contribution is 2.40. The highest BCUT2D eigenvalue weighted by atomic mass is 35.5. The molecule has 0 aromatic rings. The van der Waals surface area contributed by atoms with Crippen LogP contribution in [-0.4, -0.2) is 28.8 Å². The standard InChI is InChI=1S/C8H15NO.ClH/c1-9-7-3-2-5-8(9,10)6-4-7;/h7,10H,2-6H2,1H3;1H/t7-,8-;/m1./s1. The molecule has 0 aromatic carbocycles. The fraction of sp³-hybridized carbons (Fsp3) is 1.00. The molecule has 3 heteroatoms. The Morgan fingerprint density at radius 2 is 2.09 bits per heavy atom. The van der Waals surface area contributed by atoms with E-state index in [1.54, 1.807) is 0 Å². The van der Waals surface area contributed by atoms with Gasteiger partial charge < -0.3 is 5.11 Å². The molecular formula is C8H16ClNO. The number of hydrogen-bond donors (Lipinski definition) is 1. The predicted molar refractivity (Wildman–Crippen MR) is 46.8 cm³/mol. The van der Waals surface area contributed by atoms with Gasteiger partial charge in [-0.1, -0.05) is 0 Å². The van der Waals surface area contributed by atoms with Crippen LogP contribution in [0.1, 0.15) is 32.1 Å². The molecule has 2 heterocycles. The first-order valence-electron chi connectivity index (χ1n) is 4.18. The summed E-state index contributed by atoms with van der Waals surface area (Å²) in [6, 6.07) is 0.679. The number of hydrogen-bond acceptors (Lipinski definition) is 2. The summed E-state index contributed by atoms with van der Waals surface area (Å²) >= 11 is 0. The number of piperidine rings is 1. The highest BCUT2D eigenvalue weighted by molar-refractivity contribution is 5.85. The molecule has 0 unspecified atom stereocenters. The second-order valence-electron chi connectivity index (χ2n) is 3.68. The molecule has 0 spiro atoms. The summed E-state index contributed by atoms with van der Waals surface area (Å²) in [5, 5.41) is 9.92. The van der Waals surface area contributed by atoms with Gasteiger partial charge in [-0.3, -0.25) is 4.90 Å². The monoisotopic (exact) mass is 177 g/mol. The van der Waals surface area contributed by atoms with Crippen LogP contribution in [0, 0.1) is 0 Å². The molecule has 0 aliphatic carbocycles. The van der Waals surface area contributed by atoms with Gasteiger partial charge in [0.1, 0.15) is 5.72 Å². The smallest absolute Gasteiger partial charge is 0.118 e. The van der Waals surface area contributed by atoms with Gasteiger partial charge in [-0.25, -0.2) is 0 Å². The molecule has 2 rings (SSSR count). The Balaban J connectivity index is 0.000000605. The molecule has 0 amide bonds. The second-order valence-corrected chi connectivity index (χ2v) is 3.68. The van der Waals surface area contributed by atoms with Crippen molar-refractivity contribution in [1.29, 1.82) is 0 Å². The van der Waals surface area contributed by atoms with Crippen molar-refractivity contribution >= 4 is 12.4 Å². The summed E-state index contributed by atoms with van der Waals surface area (Å²) in [5.41, 5.74) is -0.414. The van der Waals surface area contributed by atoms with E-state index in [9.17, 15) is 5.11 Å². The molecule has 0 saturated carbocycles. The van der Waals surface area contributed by atoms with Gasteiger partial charge in [0.25, 0.3) is 0 Å². The third kappa shape index (κ3) is 1.28. The average molecular weight is 178 g/mol. The molecule has 2 aliphatic rings. The van der Waals surface area contributed by atoms with E-state index in [1.165, 1.54) is 19.3 Å². The largest absolute Gasteiger partial charge is 0.376 e. The van der Waals surface area contributed by atoms with E-state index in [1.807, 2.05) is 0 Å². The molecule has 2 nitrogen and oxygen atoms in total. The molecule has 0 radical (unpaired) electrons. The summed E-state index contributed by atoms with van der Waals surface area (Å²) in [6.45, 7) is 0. The lowest BCUT2D eigenvalue weighted by Crippen LogP contribution is -2.47. The fourth-order valence-corrected chi connectivity index (χ4v) is 2.37. The SMILES string of the molecule is CN1[C@@H]2CCC[C@@]1(O)CC2.Cl. The molecule has 2 aliphatic heterocycles. The third-order valence-corrected chi connectivity index (χ3v) is 3.20. The molecule has 11 heavy (non-hydrogen) atoms. The maximum Gasteiger partial charge on any atom is 0.118 e. The van der Waals surface area contributed by atoms with Gasteiger partial charge in [0.2, 0.25) is 0 Å². The third-order valence-electron chi connectivity index (χ3n) is 3.20. The van der Waals surface area contributed by atoms with Gasteiger partial charge in [-0.15, -0.1) is 12.4 Å². The molecule has 0 aromatic heterocycles. The Labute approximate surface area is 74.0 Å². The minimum atomic E-state index is -0.414. The van der Waals surface area contributed by atoms with Crippen LogP contribution >= 0.6 is 12.4 Å². The molecular weight excluding hydrogens is 162 g/mol. The van der Waals surface area contributed by atoms with Gasteiger partial charge in [-0.05, 0) is 39.2 Å². The normalized spacial score (nSPS) is 43.6. The van der Waals surface area contributed by atoms with E-state index in [4.69, 9.17) is 0 Å². The van der Waals surface area contributed by atoms with Crippen molar-refractivity contribution in [3.05, 3.63) is 0 Å². The van der Waals surface area contributed by atoms with Gasteiger partial charge in [0, 0.05) is 6.04 Å². The zero-order valence-electron chi connectivity index (χ0n) is 6.92. The number of fused-ring (bicyclic) bond motifs is 2. The maximum absolute atomic E-state index is 9.92. The van der Waals surface area contributed by atoms with Crippen molar-refractivity contribution < 1.29 is 5.11 Å². The van der Waals surface area contributed by atoms with Crippen LogP contribution in [0.3, 0.4) is 0 Å². The minimum Gasteiger partial charge on any atom is -0.376 e. The van der Waals surface area contributed by atoms with Crippen molar-refractivity contribution in [1.82, 2.24) is 4.90 Å². The molecule has 2 atom stereocenters. The van der Waals surface area contributed by atoms with Crippen molar-refractivity contribution in [2.24, 2.45) is 0 Å². The summed E-state index contributed by atoms with van der Waals surface area (Å²) in [4.78, 5) is 2.16. The molecule has 2 bridgehead atoms. The predicted octanol–water partition coefficient (Wildman–Crippen LogP) is 1.37. The lowest BCUT2D eigenvalue weighted by Gasteiger charge is -2.38. The van der Waals surface area contributed by atoms with Crippen LogP contribution in [-0.2, 0) is 0 Å². The molecule has 1 N–H and O–H groups in total. The van der Waals surface area contributed by atoms with Crippen molar-refractivity contribution in [2.75, 3.05) is 7.05 Å². The number of aliphatic hydroxyl groups is 1. The summed E-state index contributed by atoms with van der Waals surface area (Å²) in [6.07, 6.45) is 5.69. The number of nitrogens with zero attached hydrogens (tertiary/aromatic N) is 1. The Bertz CT molecular complexity index is 149. The molecule has 66 valence electrons. The molecule has 2 saturated heterocycles. The van der Waals surface area contributed by atoms with Crippen LogP contribution in [0.5, 0.6) is 0 Å². The summed E-state index contributed by atoms with van der Waals surface area (Å²) < 4.78 is 0. The fourth-order valence-electron chi connectivity index (χ4n) is 2.37. The summed E-state index contributed by atoms with van der Waals surface area (Å²) in [5.74, 6) is 0. The Morgan fingerprint density at radius 3 is 2.64 bits per heavy atom. The van der Waals surface area contributed by atoms with Crippen LogP contribution < -0.4 is 0 Å².